The summed E-state index contributed by atoms with van der Waals surface area (Å²) >= 11 is 0. The van der Waals surface area contributed by atoms with Gasteiger partial charge in [-0.3, -0.25) is 4.98 Å². The lowest BCUT2D eigenvalue weighted by atomic mass is 9.98. The molecule has 0 aromatic carbocycles. The van der Waals surface area contributed by atoms with Crippen molar-refractivity contribution in [3.8, 4) is 11.8 Å². The van der Waals surface area contributed by atoms with Crippen LogP contribution in [0.3, 0.4) is 0 Å². The molecule has 0 saturated carbocycles. The summed E-state index contributed by atoms with van der Waals surface area (Å²) in [6.07, 6.45) is 4.86. The molecule has 2 aromatic heterocycles. The summed E-state index contributed by atoms with van der Waals surface area (Å²) in [5, 5.41) is 12.5. The molecule has 3 atom stereocenters. The van der Waals surface area contributed by atoms with Crippen LogP contribution in [0.5, 0.6) is 11.8 Å². The lowest BCUT2D eigenvalue weighted by molar-refractivity contribution is -0.0528. The Hall–Kier alpha value is -2.49. The quantitative estimate of drug-likeness (QED) is 0.733. The van der Waals surface area contributed by atoms with Gasteiger partial charge in [-0.15, -0.1) is 0 Å². The summed E-state index contributed by atoms with van der Waals surface area (Å²) < 4.78 is 34.5. The molecule has 1 fully saturated rings. The fourth-order valence-corrected chi connectivity index (χ4v) is 2.89. The highest BCUT2D eigenvalue weighted by molar-refractivity contribution is 5.51. The van der Waals surface area contributed by atoms with Crippen LogP contribution in [-0.2, 0) is 0 Å². The second kappa shape index (κ2) is 7.60. The van der Waals surface area contributed by atoms with Gasteiger partial charge in [0.25, 0.3) is 0 Å². The van der Waals surface area contributed by atoms with Gasteiger partial charge in [-0.2, -0.15) is 18.9 Å². The maximum absolute atomic E-state index is 12.2. The van der Waals surface area contributed by atoms with Crippen molar-refractivity contribution in [2.75, 3.05) is 5.32 Å². The minimum atomic E-state index is -2.92. The van der Waals surface area contributed by atoms with Crippen molar-refractivity contribution in [3.63, 3.8) is 0 Å². The molecule has 1 aliphatic heterocycles. The van der Waals surface area contributed by atoms with E-state index in [-0.39, 0.29) is 17.8 Å². The number of nitrogens with zero attached hydrogens (tertiary/aromatic N) is 3. The molecule has 8 nitrogen and oxygen atoms in total. The van der Waals surface area contributed by atoms with Gasteiger partial charge in [0.1, 0.15) is 6.10 Å². The lowest BCUT2D eigenvalue weighted by Gasteiger charge is -2.32. The molecule has 136 valence electrons. The van der Waals surface area contributed by atoms with Gasteiger partial charge in [0, 0.05) is 18.2 Å². The SMILES string of the molecule is C[C@@H]1CC(Oc2cncc(Nc3cc(OC(F)F)[nH]n3)n2)C[C@H](C)N1. The molecule has 1 unspecified atom stereocenters. The highest BCUT2D eigenvalue weighted by atomic mass is 19.3. The van der Waals surface area contributed by atoms with E-state index in [0.29, 0.717) is 23.8 Å². The third kappa shape index (κ3) is 4.99. The summed E-state index contributed by atoms with van der Waals surface area (Å²) in [7, 11) is 0. The number of aromatic amines is 1. The number of ether oxygens (including phenoxy) is 2. The Balaban J connectivity index is 1.62. The first-order chi connectivity index (χ1) is 12.0. The number of H-pyrrole nitrogens is 1. The number of rotatable bonds is 6. The Labute approximate surface area is 143 Å². The number of alkyl halides is 2. The van der Waals surface area contributed by atoms with Crippen LogP contribution in [-0.4, -0.2) is 45.0 Å². The van der Waals surface area contributed by atoms with Gasteiger partial charge in [0.15, 0.2) is 11.6 Å². The molecule has 0 aliphatic carbocycles. The van der Waals surface area contributed by atoms with E-state index < -0.39 is 6.61 Å². The van der Waals surface area contributed by atoms with Crippen molar-refractivity contribution in [1.29, 1.82) is 0 Å². The van der Waals surface area contributed by atoms with Gasteiger partial charge < -0.3 is 20.1 Å². The Morgan fingerprint density at radius 1 is 1.20 bits per heavy atom. The molecule has 3 rings (SSSR count). The fourth-order valence-electron chi connectivity index (χ4n) is 2.89. The zero-order chi connectivity index (χ0) is 17.8. The summed E-state index contributed by atoms with van der Waals surface area (Å²) in [6.45, 7) is 1.32. The van der Waals surface area contributed by atoms with Crippen molar-refractivity contribution in [2.45, 2.75) is 51.5 Å². The minimum Gasteiger partial charge on any atom is -0.473 e. The standard InChI is InChI=1S/C15H20F2N6O2/c1-8-3-10(4-9(2)19-8)24-14-7-18-6-12(21-14)20-11-5-13(23-22-11)25-15(16)17/h5-10,15,19H,3-4H2,1-2H3,(H2,20,21,22,23)/t8-,9+,10?. The molecule has 3 heterocycles. The predicted octanol–water partition coefficient (Wildman–Crippen LogP) is 2.45. The van der Waals surface area contributed by atoms with E-state index in [0.717, 1.165) is 12.8 Å². The molecule has 0 amide bonds. The van der Waals surface area contributed by atoms with E-state index >= 15 is 0 Å². The van der Waals surface area contributed by atoms with Gasteiger partial charge >= 0.3 is 6.61 Å². The monoisotopic (exact) mass is 354 g/mol. The van der Waals surface area contributed by atoms with Crippen molar-refractivity contribution < 1.29 is 18.3 Å². The smallest absolute Gasteiger partial charge is 0.388 e. The lowest BCUT2D eigenvalue weighted by Crippen LogP contribution is -2.46. The Kier molecular flexibility index (Phi) is 5.27. The van der Waals surface area contributed by atoms with Crippen molar-refractivity contribution >= 4 is 11.6 Å². The maximum atomic E-state index is 12.2. The molecule has 0 spiro atoms. The van der Waals surface area contributed by atoms with Crippen LogP contribution in [0.15, 0.2) is 18.5 Å². The molecular formula is C15H20F2N6O2. The van der Waals surface area contributed by atoms with E-state index in [9.17, 15) is 8.78 Å². The van der Waals surface area contributed by atoms with Gasteiger partial charge in [0.05, 0.1) is 12.4 Å². The number of anilines is 2. The third-order valence-electron chi connectivity index (χ3n) is 3.73. The zero-order valence-corrected chi connectivity index (χ0v) is 13.9. The second-order valence-corrected chi connectivity index (χ2v) is 6.04. The number of piperidine rings is 1. The average Bonchev–Trinajstić information content (AvgIpc) is 2.92. The third-order valence-corrected chi connectivity index (χ3v) is 3.73. The fraction of sp³-hybridized carbons (Fsp3) is 0.533. The number of aromatic nitrogens is 4. The molecule has 0 radical (unpaired) electrons. The van der Waals surface area contributed by atoms with E-state index in [1.807, 2.05) is 0 Å². The summed E-state index contributed by atoms with van der Waals surface area (Å²) in [6, 6.07) is 2.05. The highest BCUT2D eigenvalue weighted by Crippen LogP contribution is 2.22. The molecule has 0 bridgehead atoms. The van der Waals surface area contributed by atoms with E-state index in [4.69, 9.17) is 4.74 Å². The Bertz CT molecular complexity index is 688. The first-order valence-corrected chi connectivity index (χ1v) is 8.00. The Morgan fingerprint density at radius 2 is 1.96 bits per heavy atom. The van der Waals surface area contributed by atoms with Crippen LogP contribution in [0.4, 0.5) is 20.4 Å². The van der Waals surface area contributed by atoms with Crippen molar-refractivity contribution in [1.82, 2.24) is 25.5 Å². The van der Waals surface area contributed by atoms with Crippen LogP contribution in [0.1, 0.15) is 26.7 Å². The Morgan fingerprint density at radius 3 is 2.68 bits per heavy atom. The van der Waals surface area contributed by atoms with Crippen LogP contribution < -0.4 is 20.1 Å². The number of nitrogens with one attached hydrogen (secondary N) is 3. The van der Waals surface area contributed by atoms with Gasteiger partial charge in [-0.25, -0.2) is 5.10 Å². The average molecular weight is 354 g/mol. The van der Waals surface area contributed by atoms with Gasteiger partial charge in [-0.05, 0) is 26.7 Å². The molecule has 3 N–H and O–H groups in total. The normalized spacial score (nSPS) is 23.5. The number of hydrogen-bond donors (Lipinski definition) is 3. The topological polar surface area (TPSA) is 97.0 Å². The van der Waals surface area contributed by atoms with Crippen LogP contribution in [0.2, 0.25) is 0 Å². The van der Waals surface area contributed by atoms with Gasteiger partial charge in [0.2, 0.25) is 11.8 Å². The van der Waals surface area contributed by atoms with E-state index in [2.05, 4.69) is 49.4 Å². The first kappa shape index (κ1) is 17.3. The number of halogens is 2. The molecular weight excluding hydrogens is 334 g/mol. The summed E-state index contributed by atoms with van der Waals surface area (Å²) in [4.78, 5) is 8.41. The highest BCUT2D eigenvalue weighted by Gasteiger charge is 2.25. The molecule has 1 saturated heterocycles. The predicted molar refractivity (Wildman–Crippen MR) is 86.2 cm³/mol. The second-order valence-electron chi connectivity index (χ2n) is 6.04. The number of hydrogen-bond acceptors (Lipinski definition) is 7. The molecule has 25 heavy (non-hydrogen) atoms. The zero-order valence-electron chi connectivity index (χ0n) is 13.9. The minimum absolute atomic E-state index is 0.0622. The van der Waals surface area contributed by atoms with Crippen LogP contribution >= 0.6 is 0 Å². The van der Waals surface area contributed by atoms with Crippen LogP contribution in [0, 0.1) is 0 Å². The molecule has 10 heteroatoms. The molecule has 2 aromatic rings. The summed E-state index contributed by atoms with van der Waals surface area (Å²) in [5.74, 6) is 0.931. The van der Waals surface area contributed by atoms with Crippen molar-refractivity contribution in [3.05, 3.63) is 18.5 Å². The van der Waals surface area contributed by atoms with Gasteiger partial charge in [-0.1, -0.05) is 0 Å². The largest absolute Gasteiger partial charge is 0.473 e. The van der Waals surface area contributed by atoms with Crippen molar-refractivity contribution in [2.24, 2.45) is 0 Å². The first-order valence-electron chi connectivity index (χ1n) is 8.00. The van der Waals surface area contributed by atoms with Crippen LogP contribution in [0.25, 0.3) is 0 Å². The maximum Gasteiger partial charge on any atom is 0.388 e. The molecule has 1 aliphatic rings. The van der Waals surface area contributed by atoms with E-state index in [1.54, 1.807) is 6.20 Å². The van der Waals surface area contributed by atoms with E-state index in [1.165, 1.54) is 12.3 Å². The summed E-state index contributed by atoms with van der Waals surface area (Å²) in [5.41, 5.74) is 0.